The van der Waals surface area contributed by atoms with E-state index in [1.54, 1.807) is 11.3 Å². The smallest absolute Gasteiger partial charge is 0.0670 e. The van der Waals surface area contributed by atoms with Crippen LogP contribution in [0.2, 0.25) is 0 Å². The maximum absolute atomic E-state index is 8.76. The summed E-state index contributed by atoms with van der Waals surface area (Å²) in [6.45, 7) is 2.15. The van der Waals surface area contributed by atoms with E-state index in [0.29, 0.717) is 18.2 Å². The van der Waals surface area contributed by atoms with Gasteiger partial charge in [0.15, 0.2) is 0 Å². The van der Waals surface area contributed by atoms with Gasteiger partial charge in [-0.25, -0.2) is 0 Å². The fraction of sp³-hybridized carbons (Fsp3) is 0.267. The van der Waals surface area contributed by atoms with Crippen molar-refractivity contribution in [3.63, 3.8) is 0 Å². The maximum Gasteiger partial charge on any atom is 0.0670 e. The maximum atomic E-state index is 8.76. The molecule has 0 bridgehead atoms. The fourth-order valence-corrected chi connectivity index (χ4v) is 2.71. The molecule has 0 spiro atoms. The van der Waals surface area contributed by atoms with Gasteiger partial charge in [-0.1, -0.05) is 0 Å². The van der Waals surface area contributed by atoms with Gasteiger partial charge in [-0.2, -0.15) is 16.6 Å². The van der Waals surface area contributed by atoms with Crippen LogP contribution in [0.3, 0.4) is 0 Å². The predicted molar refractivity (Wildman–Crippen MR) is 81.3 cm³/mol. The zero-order valence-electron chi connectivity index (χ0n) is 10.9. The lowest BCUT2D eigenvalue weighted by molar-refractivity contribution is 0.792. The van der Waals surface area contributed by atoms with Gasteiger partial charge in [0.2, 0.25) is 0 Å². The SMILES string of the molecule is CC(Cc1ccsc1)Nc1ccc(N)c(CC#N)c1. The zero-order chi connectivity index (χ0) is 13.7. The van der Waals surface area contributed by atoms with Gasteiger partial charge in [-0.15, -0.1) is 0 Å². The van der Waals surface area contributed by atoms with Crippen molar-refractivity contribution in [3.05, 3.63) is 46.2 Å². The molecule has 0 aliphatic rings. The van der Waals surface area contributed by atoms with Crippen LogP contribution in [-0.2, 0) is 12.8 Å². The van der Waals surface area contributed by atoms with Crippen molar-refractivity contribution < 1.29 is 0 Å². The van der Waals surface area contributed by atoms with Gasteiger partial charge in [0.05, 0.1) is 12.5 Å². The first kappa shape index (κ1) is 13.4. The summed E-state index contributed by atoms with van der Waals surface area (Å²) in [6, 6.07) is 10.4. The molecule has 0 saturated heterocycles. The number of nitrogens with one attached hydrogen (secondary N) is 1. The van der Waals surface area contributed by atoms with E-state index < -0.39 is 0 Å². The quantitative estimate of drug-likeness (QED) is 0.819. The Hall–Kier alpha value is -1.99. The van der Waals surface area contributed by atoms with Crippen LogP contribution >= 0.6 is 11.3 Å². The molecule has 0 fully saturated rings. The highest BCUT2D eigenvalue weighted by Gasteiger charge is 2.06. The second kappa shape index (κ2) is 6.26. The van der Waals surface area contributed by atoms with E-state index >= 15 is 0 Å². The van der Waals surface area contributed by atoms with Crippen LogP contribution in [-0.4, -0.2) is 6.04 Å². The molecule has 2 rings (SSSR count). The van der Waals surface area contributed by atoms with Gasteiger partial charge in [0.1, 0.15) is 0 Å². The summed E-state index contributed by atoms with van der Waals surface area (Å²) in [5.41, 5.74) is 9.76. The van der Waals surface area contributed by atoms with Gasteiger partial charge >= 0.3 is 0 Å². The Morgan fingerprint density at radius 1 is 1.42 bits per heavy atom. The number of nitrogens with two attached hydrogens (primary N) is 1. The summed E-state index contributed by atoms with van der Waals surface area (Å²) in [6.07, 6.45) is 1.34. The fourth-order valence-electron chi connectivity index (χ4n) is 2.03. The van der Waals surface area contributed by atoms with E-state index in [1.807, 2.05) is 18.2 Å². The summed E-state index contributed by atoms with van der Waals surface area (Å²) in [7, 11) is 0. The van der Waals surface area contributed by atoms with Crippen molar-refractivity contribution in [3.8, 4) is 6.07 Å². The van der Waals surface area contributed by atoms with Crippen molar-refractivity contribution >= 4 is 22.7 Å². The van der Waals surface area contributed by atoms with Crippen LogP contribution in [0.25, 0.3) is 0 Å². The molecule has 0 saturated carbocycles. The van der Waals surface area contributed by atoms with E-state index in [4.69, 9.17) is 11.0 Å². The number of nitriles is 1. The summed E-state index contributed by atoms with van der Waals surface area (Å²) in [5.74, 6) is 0. The summed E-state index contributed by atoms with van der Waals surface area (Å²) in [5, 5.41) is 16.5. The highest BCUT2D eigenvalue weighted by Crippen LogP contribution is 2.20. The number of hydrogen-bond donors (Lipinski definition) is 2. The number of nitrogen functional groups attached to an aromatic ring is 1. The molecule has 1 aromatic heterocycles. The molecule has 3 N–H and O–H groups in total. The van der Waals surface area contributed by atoms with Gasteiger partial charge in [0, 0.05) is 17.4 Å². The van der Waals surface area contributed by atoms with Crippen molar-refractivity contribution in [2.75, 3.05) is 11.1 Å². The highest BCUT2D eigenvalue weighted by atomic mass is 32.1. The Kier molecular flexibility index (Phi) is 4.43. The molecule has 0 radical (unpaired) electrons. The van der Waals surface area contributed by atoms with Crippen LogP contribution in [0.5, 0.6) is 0 Å². The Labute approximate surface area is 117 Å². The van der Waals surface area contributed by atoms with E-state index in [0.717, 1.165) is 17.7 Å². The first-order chi connectivity index (χ1) is 9.19. The molecule has 0 aliphatic carbocycles. The minimum absolute atomic E-state index is 0.341. The summed E-state index contributed by atoms with van der Waals surface area (Å²) >= 11 is 1.72. The monoisotopic (exact) mass is 271 g/mol. The number of rotatable bonds is 5. The highest BCUT2D eigenvalue weighted by molar-refractivity contribution is 7.07. The Morgan fingerprint density at radius 2 is 2.26 bits per heavy atom. The van der Waals surface area contributed by atoms with Crippen LogP contribution in [0.1, 0.15) is 18.1 Å². The Morgan fingerprint density at radius 3 is 2.95 bits per heavy atom. The van der Waals surface area contributed by atoms with Crippen molar-refractivity contribution in [2.45, 2.75) is 25.8 Å². The van der Waals surface area contributed by atoms with Gasteiger partial charge in [0.25, 0.3) is 0 Å². The van der Waals surface area contributed by atoms with E-state index in [-0.39, 0.29) is 0 Å². The minimum Gasteiger partial charge on any atom is -0.398 e. The second-order valence-electron chi connectivity index (χ2n) is 4.63. The number of nitrogens with zero attached hydrogens (tertiary/aromatic N) is 1. The standard InChI is InChI=1S/C15H17N3S/c1-11(8-12-5-7-19-10-12)18-14-2-3-15(17)13(9-14)4-6-16/h2-3,5,7,9-11,18H,4,8,17H2,1H3. The number of thiophene rings is 1. The lowest BCUT2D eigenvalue weighted by atomic mass is 10.1. The third-order valence-corrected chi connectivity index (χ3v) is 3.68. The molecule has 3 nitrogen and oxygen atoms in total. The molecule has 0 aliphatic heterocycles. The minimum atomic E-state index is 0.341. The predicted octanol–water partition coefficient (Wildman–Crippen LogP) is 3.44. The van der Waals surface area contributed by atoms with Crippen LogP contribution < -0.4 is 11.1 Å². The molecule has 0 amide bonds. The van der Waals surface area contributed by atoms with Crippen molar-refractivity contribution in [1.82, 2.24) is 0 Å². The Balaban J connectivity index is 2.02. The van der Waals surface area contributed by atoms with Gasteiger partial charge < -0.3 is 11.1 Å². The first-order valence-electron chi connectivity index (χ1n) is 6.22. The van der Waals surface area contributed by atoms with Crippen LogP contribution in [0, 0.1) is 11.3 Å². The second-order valence-corrected chi connectivity index (χ2v) is 5.41. The average molecular weight is 271 g/mol. The molecule has 1 aromatic carbocycles. The molecular weight excluding hydrogens is 254 g/mol. The summed E-state index contributed by atoms with van der Waals surface area (Å²) < 4.78 is 0. The van der Waals surface area contributed by atoms with Crippen molar-refractivity contribution in [2.24, 2.45) is 0 Å². The third kappa shape index (κ3) is 3.73. The molecule has 2 aromatic rings. The third-order valence-electron chi connectivity index (χ3n) is 2.95. The van der Waals surface area contributed by atoms with Crippen molar-refractivity contribution in [1.29, 1.82) is 5.26 Å². The number of anilines is 2. The topological polar surface area (TPSA) is 61.8 Å². The lowest BCUT2D eigenvalue weighted by Gasteiger charge is -2.16. The van der Waals surface area contributed by atoms with E-state index in [2.05, 4.69) is 35.1 Å². The number of hydrogen-bond acceptors (Lipinski definition) is 4. The van der Waals surface area contributed by atoms with E-state index in [9.17, 15) is 0 Å². The molecule has 1 heterocycles. The molecule has 19 heavy (non-hydrogen) atoms. The first-order valence-corrected chi connectivity index (χ1v) is 7.16. The normalized spacial score (nSPS) is 11.8. The largest absolute Gasteiger partial charge is 0.398 e. The zero-order valence-corrected chi connectivity index (χ0v) is 11.7. The average Bonchev–Trinajstić information content (AvgIpc) is 2.86. The van der Waals surface area contributed by atoms with Gasteiger partial charge in [-0.05, 0) is 59.5 Å². The molecule has 98 valence electrons. The molecule has 1 atom stereocenters. The summed E-state index contributed by atoms with van der Waals surface area (Å²) in [4.78, 5) is 0. The Bertz CT molecular complexity index is 570. The van der Waals surface area contributed by atoms with Gasteiger partial charge in [-0.3, -0.25) is 0 Å². The number of benzene rings is 1. The molecule has 1 unspecified atom stereocenters. The van der Waals surface area contributed by atoms with E-state index in [1.165, 1.54) is 5.56 Å². The van der Waals surface area contributed by atoms with Crippen LogP contribution in [0.4, 0.5) is 11.4 Å². The lowest BCUT2D eigenvalue weighted by Crippen LogP contribution is -2.17. The van der Waals surface area contributed by atoms with Crippen LogP contribution in [0.15, 0.2) is 35.0 Å². The molecular formula is C15H17N3S. The molecule has 4 heteroatoms.